The lowest BCUT2D eigenvalue weighted by Gasteiger charge is -2.38. The number of fused-ring (bicyclic) bond motifs is 1. The average molecular weight is 432 g/mol. The summed E-state index contributed by atoms with van der Waals surface area (Å²) >= 11 is 5.22. The molecule has 1 fully saturated rings. The van der Waals surface area contributed by atoms with E-state index in [2.05, 4.69) is 33.0 Å². The van der Waals surface area contributed by atoms with Gasteiger partial charge in [-0.15, -0.1) is 11.8 Å². The van der Waals surface area contributed by atoms with Gasteiger partial charge in [-0.1, -0.05) is 34.1 Å². The number of nitrogens with zero attached hydrogens (tertiary/aromatic N) is 1. The highest BCUT2D eigenvalue weighted by Gasteiger charge is 2.47. The Morgan fingerprint density at radius 1 is 1.19 bits per heavy atom. The molecule has 0 spiro atoms. The number of carbonyl (C=O) groups is 1. The normalized spacial score (nSPS) is 22.9. The van der Waals surface area contributed by atoms with Crippen LogP contribution in [0.5, 0.6) is 5.75 Å². The summed E-state index contributed by atoms with van der Waals surface area (Å²) in [6, 6.07) is 14.1. The first-order valence-electron chi connectivity index (χ1n) is 9.02. The average Bonchev–Trinajstić information content (AvgIpc) is 3.14. The van der Waals surface area contributed by atoms with Crippen molar-refractivity contribution in [3.8, 4) is 5.75 Å². The number of ether oxygens (including phenoxy) is 1. The molecule has 5 heteroatoms. The smallest absolute Gasteiger partial charge is 0.187 e. The van der Waals surface area contributed by atoms with E-state index in [4.69, 9.17) is 4.74 Å². The number of Topliss-reactive ketones (excluding diaryl/α,β-unsaturated/α-hetero) is 1. The topological polar surface area (TPSA) is 29.5 Å². The fraction of sp³-hybridized carbons (Fsp3) is 0.381. The highest BCUT2D eigenvalue weighted by molar-refractivity contribution is 9.10. The van der Waals surface area contributed by atoms with E-state index in [1.54, 1.807) is 11.8 Å². The number of thioether (sulfide) groups is 1. The van der Waals surface area contributed by atoms with Crippen molar-refractivity contribution >= 4 is 33.5 Å². The number of carbonyl (C=O) groups excluding carboxylic acids is 1. The van der Waals surface area contributed by atoms with Gasteiger partial charge in [0.2, 0.25) is 0 Å². The van der Waals surface area contributed by atoms with Crippen LogP contribution in [0.4, 0.5) is 0 Å². The lowest BCUT2D eigenvalue weighted by atomic mass is 9.92. The molecular weight excluding hydrogens is 410 g/mol. The highest BCUT2D eigenvalue weighted by atomic mass is 79.9. The van der Waals surface area contributed by atoms with Crippen molar-refractivity contribution < 1.29 is 9.53 Å². The van der Waals surface area contributed by atoms with Crippen LogP contribution in [-0.2, 0) is 0 Å². The first-order chi connectivity index (χ1) is 12.6. The molecule has 4 rings (SSSR count). The zero-order chi connectivity index (χ0) is 18.1. The lowest BCUT2D eigenvalue weighted by molar-refractivity contribution is 0.0832. The third-order valence-electron chi connectivity index (χ3n) is 5.11. The number of benzene rings is 2. The molecule has 1 saturated heterocycles. The third kappa shape index (κ3) is 3.45. The standard InChI is InChI=1S/C21H22BrNO2S/c1-15-11-19-17(12-18(15)22)20(24)21(14-25-19,13-23-9-5-6-10-23)26-16-7-3-2-4-8-16/h2-4,7-8,11-12H,5-6,9-10,13-14H2,1H3. The van der Waals surface area contributed by atoms with Crippen molar-refractivity contribution in [2.75, 3.05) is 26.2 Å². The van der Waals surface area contributed by atoms with E-state index in [1.165, 1.54) is 12.8 Å². The summed E-state index contributed by atoms with van der Waals surface area (Å²) < 4.78 is 6.49. The van der Waals surface area contributed by atoms with Gasteiger partial charge in [-0.2, -0.15) is 0 Å². The van der Waals surface area contributed by atoms with Crippen molar-refractivity contribution in [3.63, 3.8) is 0 Å². The Labute approximate surface area is 167 Å². The van der Waals surface area contributed by atoms with Crippen LogP contribution in [0, 0.1) is 6.92 Å². The van der Waals surface area contributed by atoms with Crippen LogP contribution in [0.15, 0.2) is 51.8 Å². The molecule has 26 heavy (non-hydrogen) atoms. The molecular formula is C21H22BrNO2S. The minimum atomic E-state index is -0.604. The van der Waals surface area contributed by atoms with Gasteiger partial charge in [0.1, 0.15) is 17.1 Å². The van der Waals surface area contributed by atoms with Crippen LogP contribution < -0.4 is 4.74 Å². The number of ketones is 1. The van der Waals surface area contributed by atoms with Gasteiger partial charge < -0.3 is 9.64 Å². The first-order valence-corrected chi connectivity index (χ1v) is 10.6. The molecule has 0 amide bonds. The number of rotatable bonds is 4. The number of aryl methyl sites for hydroxylation is 1. The van der Waals surface area contributed by atoms with E-state index >= 15 is 0 Å². The van der Waals surface area contributed by atoms with Crippen LogP contribution in [0.1, 0.15) is 28.8 Å². The molecule has 2 aromatic rings. The van der Waals surface area contributed by atoms with Gasteiger partial charge in [0.25, 0.3) is 0 Å². The predicted molar refractivity (Wildman–Crippen MR) is 109 cm³/mol. The van der Waals surface area contributed by atoms with Gasteiger partial charge in [0.05, 0.1) is 5.56 Å². The molecule has 3 nitrogen and oxygen atoms in total. The molecule has 0 aliphatic carbocycles. The van der Waals surface area contributed by atoms with E-state index in [9.17, 15) is 4.79 Å². The van der Waals surface area contributed by atoms with Crippen molar-refractivity contribution in [1.29, 1.82) is 0 Å². The predicted octanol–water partition coefficient (Wildman–Crippen LogP) is 4.96. The van der Waals surface area contributed by atoms with Gasteiger partial charge in [0.15, 0.2) is 5.78 Å². The van der Waals surface area contributed by atoms with E-state index in [0.29, 0.717) is 17.9 Å². The van der Waals surface area contributed by atoms with Crippen molar-refractivity contribution in [2.24, 2.45) is 0 Å². The van der Waals surface area contributed by atoms with Crippen molar-refractivity contribution in [1.82, 2.24) is 4.90 Å². The van der Waals surface area contributed by atoms with Crippen molar-refractivity contribution in [2.45, 2.75) is 29.4 Å². The minimum Gasteiger partial charge on any atom is -0.491 e. The quantitative estimate of drug-likeness (QED) is 0.683. The molecule has 0 N–H and O–H groups in total. The fourth-order valence-corrected chi connectivity index (χ4v) is 5.35. The van der Waals surface area contributed by atoms with Crippen LogP contribution in [0.3, 0.4) is 0 Å². The summed E-state index contributed by atoms with van der Waals surface area (Å²) in [5, 5.41) is 0. The second kappa shape index (κ2) is 7.37. The molecule has 0 radical (unpaired) electrons. The molecule has 2 aliphatic rings. The number of likely N-dealkylation sites (tertiary alicyclic amines) is 1. The zero-order valence-electron chi connectivity index (χ0n) is 14.8. The van der Waals surface area contributed by atoms with Gasteiger partial charge in [0, 0.05) is 15.9 Å². The van der Waals surface area contributed by atoms with Crippen LogP contribution in [0.25, 0.3) is 0 Å². The Bertz CT molecular complexity index is 820. The van der Waals surface area contributed by atoms with Crippen LogP contribution >= 0.6 is 27.7 Å². The number of hydrogen-bond acceptors (Lipinski definition) is 4. The minimum absolute atomic E-state index is 0.181. The highest BCUT2D eigenvalue weighted by Crippen LogP contribution is 2.43. The molecule has 136 valence electrons. The maximum atomic E-state index is 13.6. The Hall–Kier alpha value is -1.30. The molecule has 0 aromatic heterocycles. The number of hydrogen-bond donors (Lipinski definition) is 0. The second-order valence-corrected chi connectivity index (χ2v) is 9.42. The molecule has 1 atom stereocenters. The Balaban J connectivity index is 1.72. The monoisotopic (exact) mass is 431 g/mol. The summed E-state index contributed by atoms with van der Waals surface area (Å²) in [5.41, 5.74) is 1.77. The van der Waals surface area contributed by atoms with Gasteiger partial charge >= 0.3 is 0 Å². The summed E-state index contributed by atoms with van der Waals surface area (Å²) in [6.07, 6.45) is 2.42. The van der Waals surface area contributed by atoms with Crippen LogP contribution in [-0.4, -0.2) is 41.7 Å². The molecule has 0 bridgehead atoms. The Kier molecular flexibility index (Phi) is 5.13. The molecule has 1 unspecified atom stereocenters. The van der Waals surface area contributed by atoms with Crippen molar-refractivity contribution in [3.05, 3.63) is 58.1 Å². The fourth-order valence-electron chi connectivity index (χ4n) is 3.70. The number of halogens is 1. The Morgan fingerprint density at radius 2 is 1.92 bits per heavy atom. The van der Waals surface area contributed by atoms with E-state index < -0.39 is 4.75 Å². The zero-order valence-corrected chi connectivity index (χ0v) is 17.2. The van der Waals surface area contributed by atoms with Gasteiger partial charge in [-0.05, 0) is 62.7 Å². The molecule has 2 aliphatic heterocycles. The van der Waals surface area contributed by atoms with E-state index in [1.807, 2.05) is 37.3 Å². The summed E-state index contributed by atoms with van der Waals surface area (Å²) in [6.45, 7) is 5.29. The SMILES string of the molecule is Cc1cc2c(cc1Br)C(=O)C(CN1CCCC1)(Sc1ccccc1)CO2. The first kappa shape index (κ1) is 18.1. The van der Waals surface area contributed by atoms with Gasteiger partial charge in [-0.25, -0.2) is 0 Å². The largest absolute Gasteiger partial charge is 0.491 e. The lowest BCUT2D eigenvalue weighted by Crippen LogP contribution is -2.52. The van der Waals surface area contributed by atoms with Crippen LogP contribution in [0.2, 0.25) is 0 Å². The second-order valence-electron chi connectivity index (χ2n) is 7.11. The van der Waals surface area contributed by atoms with Gasteiger partial charge in [-0.3, -0.25) is 4.79 Å². The van der Waals surface area contributed by atoms with E-state index in [-0.39, 0.29) is 5.78 Å². The molecule has 2 heterocycles. The Morgan fingerprint density at radius 3 is 2.65 bits per heavy atom. The van der Waals surface area contributed by atoms with E-state index in [0.717, 1.165) is 34.6 Å². The summed E-state index contributed by atoms with van der Waals surface area (Å²) in [4.78, 5) is 17.2. The summed E-state index contributed by atoms with van der Waals surface area (Å²) in [7, 11) is 0. The summed E-state index contributed by atoms with van der Waals surface area (Å²) in [5.74, 6) is 0.890. The molecule has 0 saturated carbocycles. The maximum Gasteiger partial charge on any atom is 0.187 e. The maximum absolute atomic E-state index is 13.6. The third-order valence-corrected chi connectivity index (χ3v) is 7.30. The molecule has 2 aromatic carbocycles.